The summed E-state index contributed by atoms with van der Waals surface area (Å²) in [6.45, 7) is 6.52. The van der Waals surface area contributed by atoms with Gasteiger partial charge in [0, 0.05) is 64.5 Å². The predicted octanol–water partition coefficient (Wildman–Crippen LogP) is 5.57. The Morgan fingerprint density at radius 3 is 1.23 bits per heavy atom. The fourth-order valence-electron chi connectivity index (χ4n) is 9.03. The van der Waals surface area contributed by atoms with Crippen LogP contribution >= 0.6 is 0 Å². The molecule has 0 spiro atoms. The van der Waals surface area contributed by atoms with Crippen LogP contribution < -0.4 is 46.8 Å². The highest BCUT2D eigenvalue weighted by atomic mass is 32.2. The lowest BCUT2D eigenvalue weighted by atomic mass is 10.0. The van der Waals surface area contributed by atoms with Gasteiger partial charge in [-0.1, -0.05) is 0 Å². The molecule has 0 aliphatic carbocycles. The number of sulfonamides is 2. The van der Waals surface area contributed by atoms with Gasteiger partial charge in [-0.3, -0.25) is 30.9 Å². The second kappa shape index (κ2) is 36.4. The molecule has 0 saturated carbocycles. The average molecular weight is 1530 g/mol. The molecule has 4 fully saturated rings. The highest BCUT2D eigenvalue weighted by Gasteiger charge is 2.42. The van der Waals surface area contributed by atoms with Crippen molar-refractivity contribution < 1.29 is 131 Å². The van der Waals surface area contributed by atoms with Gasteiger partial charge in [0.15, 0.2) is 0 Å². The third-order valence-electron chi connectivity index (χ3n) is 13.6. The zero-order valence-corrected chi connectivity index (χ0v) is 55.1. The molecule has 33 nitrogen and oxygen atoms in total. The number of esters is 3. The van der Waals surface area contributed by atoms with Crippen LogP contribution in [-0.4, -0.2) is 193 Å². The zero-order chi connectivity index (χ0) is 77.0. The molecule has 1 aromatic heterocycles. The number of hydrogen-bond donors (Lipinski definition) is 5. The van der Waals surface area contributed by atoms with Crippen LogP contribution in [0.3, 0.4) is 0 Å². The van der Waals surface area contributed by atoms with Gasteiger partial charge < -0.3 is 58.2 Å². The van der Waals surface area contributed by atoms with E-state index < -0.39 is 140 Å². The lowest BCUT2D eigenvalue weighted by Crippen LogP contribution is -2.43. The molecular formula is C54H61F13N12O21S2. The number of nitro benzene ring substituents is 2. The normalized spacial score (nSPS) is 15.1. The van der Waals surface area contributed by atoms with Crippen molar-refractivity contribution in [2.75, 3.05) is 159 Å². The lowest BCUT2D eigenvalue weighted by Gasteiger charge is -2.31. The molecule has 5 heterocycles. The number of aromatic nitrogens is 2. The summed E-state index contributed by atoms with van der Waals surface area (Å²) in [7, 11) is -4.17. The number of rotatable bonds is 12. The molecule has 0 bridgehead atoms. The molecule has 5 aromatic rings. The summed E-state index contributed by atoms with van der Waals surface area (Å²) in [5.74, 6) is -0.601. The number of halogens is 13. The molecule has 4 saturated heterocycles. The number of nitrogens with zero attached hydrogens (tertiary/aromatic N) is 7. The van der Waals surface area contributed by atoms with Gasteiger partial charge in [0.25, 0.3) is 16.9 Å². The van der Waals surface area contributed by atoms with Gasteiger partial charge in [-0.2, -0.15) is 62.2 Å². The van der Waals surface area contributed by atoms with Crippen molar-refractivity contribution in [3.8, 4) is 0 Å². The molecule has 4 aliphatic heterocycles. The third-order valence-corrected chi connectivity index (χ3v) is 14.6. The Bertz CT molecular complexity index is 4170. The average Bonchev–Trinajstić information content (AvgIpc) is 0.747. The summed E-state index contributed by atoms with van der Waals surface area (Å²) in [6.07, 6.45) is -17.6. The van der Waals surface area contributed by atoms with Crippen molar-refractivity contribution in [2.24, 2.45) is 11.0 Å². The number of H-pyrrole nitrogens is 1. The lowest BCUT2D eigenvalue weighted by molar-refractivity contribution is -0.385. The largest absolute Gasteiger partial charge is 0.465 e. The Labute approximate surface area is 566 Å². The van der Waals surface area contributed by atoms with E-state index in [0.717, 1.165) is 78.3 Å². The zero-order valence-electron chi connectivity index (χ0n) is 53.4. The first-order valence-electron chi connectivity index (χ1n) is 28.5. The predicted molar refractivity (Wildman–Crippen MR) is 330 cm³/mol. The molecule has 0 radical (unpaired) electrons. The van der Waals surface area contributed by atoms with E-state index in [0.29, 0.717) is 18.2 Å². The van der Waals surface area contributed by atoms with Crippen molar-refractivity contribution in [1.82, 2.24) is 19.8 Å². The number of hydrazine groups is 1. The van der Waals surface area contributed by atoms with Crippen LogP contribution in [0.15, 0.2) is 63.3 Å². The van der Waals surface area contributed by atoms with E-state index in [1.54, 1.807) is 9.66 Å². The molecule has 0 atom stereocenters. The van der Waals surface area contributed by atoms with Gasteiger partial charge >= 0.3 is 48.3 Å². The first-order chi connectivity index (χ1) is 47.3. The summed E-state index contributed by atoms with van der Waals surface area (Å²) in [5.41, 5.74) is -12.8. The molecule has 6 N–H and O–H groups in total. The van der Waals surface area contributed by atoms with Gasteiger partial charge in [-0.15, -0.1) is 4.91 Å². The Balaban J connectivity index is 0.000000274. The molecule has 4 aromatic carbocycles. The number of benzene rings is 4. The van der Waals surface area contributed by atoms with Gasteiger partial charge in [0.2, 0.25) is 20.0 Å². The highest BCUT2D eigenvalue weighted by Crippen LogP contribution is 2.44. The van der Waals surface area contributed by atoms with Gasteiger partial charge in [0.1, 0.15) is 22.6 Å². The van der Waals surface area contributed by atoms with E-state index >= 15 is 0 Å². The second-order valence-electron chi connectivity index (χ2n) is 20.6. The summed E-state index contributed by atoms with van der Waals surface area (Å²) in [5, 5.41) is 26.9. The van der Waals surface area contributed by atoms with E-state index in [4.69, 9.17) is 18.9 Å². The van der Waals surface area contributed by atoms with E-state index in [1.165, 1.54) is 14.7 Å². The minimum absolute atomic E-state index is 0.0401. The summed E-state index contributed by atoms with van der Waals surface area (Å²) in [6, 6.07) is 4.57. The van der Waals surface area contributed by atoms with Crippen LogP contribution in [0.4, 0.5) is 91.2 Å². The maximum absolute atomic E-state index is 13.5. The number of nitro groups is 2. The van der Waals surface area contributed by atoms with Crippen LogP contribution in [0.5, 0.6) is 0 Å². The Hall–Kier alpha value is -9.46. The number of ether oxygens (including phenoxy) is 7. The molecule has 566 valence electrons. The number of methoxy groups -OCH3 is 3. The van der Waals surface area contributed by atoms with E-state index in [-0.39, 0.29) is 129 Å². The minimum atomic E-state index is -5.09. The molecule has 102 heavy (non-hydrogen) atoms. The first kappa shape index (κ1) is 85.0. The SMILES string of the molecule is C1COCCN1.COC(=O)c1cc(F)c(C(F)(F)F)cc1[N+](=O)[O-].COC(=O)c1cc(N2CCOCC2)c(C(F)(F)F)cc1N=O.COC(=O)c1cc(N2CCOCC2)c(C(F)(F)F)cc1[N+](=O)[O-].CS(=O)(=O)NN.CS(=O)(=O)Nn1c(=O)[nH]c2cc(C(F)(F)F)c(N3CCOCC3)cc2c1=O. The number of carbonyl (C=O) groups excluding carboxylic acids is 3. The number of nitroso groups, excluding NO2 is 1. The fourth-order valence-corrected chi connectivity index (χ4v) is 9.52. The van der Waals surface area contributed by atoms with Gasteiger partial charge in [-0.05, 0) is 41.6 Å². The van der Waals surface area contributed by atoms with E-state index in [9.17, 15) is 123 Å². The summed E-state index contributed by atoms with van der Waals surface area (Å²) in [4.78, 5) is 98.6. The van der Waals surface area contributed by atoms with Crippen LogP contribution in [0.25, 0.3) is 10.9 Å². The van der Waals surface area contributed by atoms with E-state index in [1.807, 2.05) is 0 Å². The number of carbonyl (C=O) groups is 3. The van der Waals surface area contributed by atoms with Crippen molar-refractivity contribution in [2.45, 2.75) is 24.7 Å². The number of hydrogen-bond acceptors (Lipinski definition) is 27. The molecule has 4 aliphatic rings. The topological polar surface area (TPSA) is 426 Å². The number of anilines is 3. The number of morpholine rings is 4. The van der Waals surface area contributed by atoms with Crippen LogP contribution in [0.2, 0.25) is 0 Å². The quantitative estimate of drug-likeness (QED) is 0.0194. The van der Waals surface area contributed by atoms with Crippen molar-refractivity contribution in [3.63, 3.8) is 0 Å². The van der Waals surface area contributed by atoms with Crippen molar-refractivity contribution in [1.29, 1.82) is 0 Å². The number of alkyl halides is 12. The number of fused-ring (bicyclic) bond motifs is 1. The molecule has 0 amide bonds. The number of nitrogens with two attached hydrogens (primary N) is 1. The Morgan fingerprint density at radius 2 is 0.892 bits per heavy atom. The van der Waals surface area contributed by atoms with Gasteiger partial charge in [0.05, 0.1) is 152 Å². The Morgan fingerprint density at radius 1 is 0.549 bits per heavy atom. The van der Waals surface area contributed by atoms with Crippen LogP contribution in [-0.2, 0) is 77.9 Å². The molecule has 9 rings (SSSR count). The number of nitrogens with one attached hydrogen (secondary N) is 4. The van der Waals surface area contributed by atoms with Crippen LogP contribution in [0, 0.1) is 31.0 Å². The minimum Gasteiger partial charge on any atom is -0.465 e. The molecule has 0 unspecified atom stereocenters. The molecular weight excluding hydrogens is 1460 g/mol. The summed E-state index contributed by atoms with van der Waals surface area (Å²) < 4.78 is 246. The van der Waals surface area contributed by atoms with Crippen molar-refractivity contribution >= 4 is 83.0 Å². The maximum Gasteiger partial charge on any atom is 0.419 e. The molecule has 48 heteroatoms. The smallest absolute Gasteiger partial charge is 0.419 e. The summed E-state index contributed by atoms with van der Waals surface area (Å²) >= 11 is 0. The standard InChI is InChI=1S/C14H15F3N4O5S.C13H13F3N2O5.C13H13F3N2O4.C9H5F4NO4.C4H9NO.CH6N2O2S/c1-27(24,25)19-21-12(22)8-6-11(20-2-4-26-5-3-20)9(14(15,16)17)7-10(8)18-13(21)23;1-22-12(19)8-6-11(17-2-4-23-5-3-17)9(13(14,15)16)7-10(8)18(20)21;1-21-12(19)8-6-11(18-2-4-22-5-3-18)9(13(14,15)16)7-10(8)17-20;1-18-8(15)4-2-6(10)5(9(11,12)13)3-7(4)14(16)17;1-3-6-4-2-5-1;1-6(4,5)3-2/h6-7,19H,2-5H2,1H3,(H,18,23);6-7H,2-5H2,1H3;6-7H,2-5H2,1H3;2-3H,1H3;5H,1-4H2;3H,2H2,1H3. The van der Waals surface area contributed by atoms with Crippen LogP contribution in [0.1, 0.15) is 53.3 Å². The maximum atomic E-state index is 13.5. The third kappa shape index (κ3) is 24.4. The number of aromatic amines is 1. The monoisotopic (exact) mass is 1520 g/mol. The van der Waals surface area contributed by atoms with E-state index in [2.05, 4.69) is 35.5 Å². The van der Waals surface area contributed by atoms with Crippen molar-refractivity contribution in [3.05, 3.63) is 139 Å². The van der Waals surface area contributed by atoms with Gasteiger partial charge in [-0.25, -0.2) is 45.2 Å². The Kier molecular flexibility index (Phi) is 30.3. The second-order valence-corrected chi connectivity index (χ2v) is 24.1. The highest BCUT2D eigenvalue weighted by molar-refractivity contribution is 7.91. The first-order valence-corrected chi connectivity index (χ1v) is 32.2. The fraction of sp³-hybridized carbons (Fsp3) is 0.463.